The van der Waals surface area contributed by atoms with Gasteiger partial charge in [-0.2, -0.15) is 0 Å². The van der Waals surface area contributed by atoms with Gasteiger partial charge in [0.15, 0.2) is 5.82 Å². The predicted octanol–water partition coefficient (Wildman–Crippen LogP) is 2.60. The van der Waals surface area contributed by atoms with Crippen LogP contribution in [0.1, 0.15) is 47.0 Å². The van der Waals surface area contributed by atoms with Crippen molar-refractivity contribution in [1.29, 1.82) is 0 Å². The summed E-state index contributed by atoms with van der Waals surface area (Å²) in [6.07, 6.45) is 7.06. The molecular formula is C14H23N3O. The zero-order valence-electron chi connectivity index (χ0n) is 11.7. The minimum absolute atomic E-state index is 0.0240. The van der Waals surface area contributed by atoms with Gasteiger partial charge in [0.05, 0.1) is 0 Å². The summed E-state index contributed by atoms with van der Waals surface area (Å²) in [4.78, 5) is 16.6. The van der Waals surface area contributed by atoms with Crippen molar-refractivity contribution in [1.82, 2.24) is 9.55 Å². The summed E-state index contributed by atoms with van der Waals surface area (Å²) in [7, 11) is 0. The summed E-state index contributed by atoms with van der Waals surface area (Å²) < 4.78 is 1.74. The lowest BCUT2D eigenvalue weighted by molar-refractivity contribution is 0.382. The number of anilines is 1. The van der Waals surface area contributed by atoms with Gasteiger partial charge < -0.3 is 9.88 Å². The summed E-state index contributed by atoms with van der Waals surface area (Å²) in [6.45, 7) is 8.30. The topological polar surface area (TPSA) is 46.9 Å². The smallest absolute Gasteiger partial charge is 0.293 e. The van der Waals surface area contributed by atoms with Gasteiger partial charge in [0.1, 0.15) is 0 Å². The molecule has 0 saturated heterocycles. The molecule has 0 amide bonds. The predicted molar refractivity (Wildman–Crippen MR) is 73.9 cm³/mol. The molecule has 1 saturated carbocycles. The first-order valence-corrected chi connectivity index (χ1v) is 6.74. The van der Waals surface area contributed by atoms with Gasteiger partial charge in [0.25, 0.3) is 5.56 Å². The fraction of sp³-hybridized carbons (Fsp3) is 0.714. The zero-order chi connectivity index (χ0) is 13.3. The third-order valence-corrected chi connectivity index (χ3v) is 3.75. The number of hydrogen-bond acceptors (Lipinski definition) is 3. The van der Waals surface area contributed by atoms with Crippen molar-refractivity contribution in [3.8, 4) is 0 Å². The van der Waals surface area contributed by atoms with Crippen LogP contribution in [0, 0.1) is 5.92 Å². The number of rotatable bonds is 2. The number of aromatic nitrogens is 2. The lowest BCUT2D eigenvalue weighted by atomic mass is 10.1. The Morgan fingerprint density at radius 2 is 2.11 bits per heavy atom. The number of nitrogens with one attached hydrogen (secondary N) is 1. The summed E-state index contributed by atoms with van der Waals surface area (Å²) >= 11 is 0. The van der Waals surface area contributed by atoms with Crippen LogP contribution < -0.4 is 10.9 Å². The molecule has 0 aromatic carbocycles. The Hall–Kier alpha value is -1.32. The molecule has 0 bridgehead atoms. The molecule has 1 N–H and O–H groups in total. The quantitative estimate of drug-likeness (QED) is 0.876. The first-order chi connectivity index (χ1) is 8.39. The summed E-state index contributed by atoms with van der Waals surface area (Å²) in [5.74, 6) is 1.11. The Bertz CT molecular complexity index is 473. The molecule has 0 radical (unpaired) electrons. The lowest BCUT2D eigenvalue weighted by Crippen LogP contribution is -2.37. The van der Waals surface area contributed by atoms with Crippen LogP contribution in [0.2, 0.25) is 0 Å². The minimum Gasteiger partial charge on any atom is -0.362 e. The maximum atomic E-state index is 12.3. The normalized spacial score (nSPS) is 24.2. The van der Waals surface area contributed by atoms with Gasteiger partial charge >= 0.3 is 0 Å². The van der Waals surface area contributed by atoms with E-state index in [0.29, 0.717) is 17.8 Å². The van der Waals surface area contributed by atoms with Crippen LogP contribution in [0.5, 0.6) is 0 Å². The SMILES string of the molecule is CC1CCCC1Nc1nccn(C(C)(C)C)c1=O. The molecule has 1 fully saturated rings. The first kappa shape index (κ1) is 13.1. The Labute approximate surface area is 108 Å². The summed E-state index contributed by atoms with van der Waals surface area (Å²) in [6, 6.07) is 0.390. The molecule has 1 aromatic heterocycles. The van der Waals surface area contributed by atoms with E-state index in [1.807, 2.05) is 20.8 Å². The van der Waals surface area contributed by atoms with Gasteiger partial charge in [-0.05, 0) is 39.5 Å². The van der Waals surface area contributed by atoms with E-state index in [0.717, 1.165) is 6.42 Å². The fourth-order valence-electron chi connectivity index (χ4n) is 2.57. The largest absolute Gasteiger partial charge is 0.362 e. The second-order valence-electron chi connectivity index (χ2n) is 6.28. The Kier molecular flexibility index (Phi) is 3.46. The second-order valence-corrected chi connectivity index (χ2v) is 6.28. The molecule has 100 valence electrons. The van der Waals surface area contributed by atoms with Gasteiger partial charge in [0.2, 0.25) is 0 Å². The maximum Gasteiger partial charge on any atom is 0.293 e. The van der Waals surface area contributed by atoms with Crippen molar-refractivity contribution in [3.63, 3.8) is 0 Å². The minimum atomic E-state index is -0.211. The highest BCUT2D eigenvalue weighted by Crippen LogP contribution is 2.26. The van der Waals surface area contributed by atoms with E-state index < -0.39 is 0 Å². The number of nitrogens with zero attached hydrogens (tertiary/aromatic N) is 2. The maximum absolute atomic E-state index is 12.3. The standard InChI is InChI=1S/C14H23N3O/c1-10-6-5-7-11(10)16-12-13(18)17(9-8-15-12)14(2,3)4/h8-11H,5-7H2,1-4H3,(H,15,16). The molecular weight excluding hydrogens is 226 g/mol. The summed E-state index contributed by atoms with van der Waals surface area (Å²) in [5.41, 5.74) is -0.235. The monoisotopic (exact) mass is 249 g/mol. The zero-order valence-corrected chi connectivity index (χ0v) is 11.7. The van der Waals surface area contributed by atoms with Crippen molar-refractivity contribution in [2.75, 3.05) is 5.32 Å². The van der Waals surface area contributed by atoms with Gasteiger partial charge in [-0.3, -0.25) is 4.79 Å². The van der Waals surface area contributed by atoms with E-state index in [1.54, 1.807) is 17.0 Å². The van der Waals surface area contributed by atoms with E-state index in [2.05, 4.69) is 17.2 Å². The fourth-order valence-corrected chi connectivity index (χ4v) is 2.57. The van der Waals surface area contributed by atoms with Crippen LogP contribution in [0.15, 0.2) is 17.2 Å². The van der Waals surface area contributed by atoms with E-state index in [1.165, 1.54) is 12.8 Å². The molecule has 4 nitrogen and oxygen atoms in total. The molecule has 2 rings (SSSR count). The Balaban J connectivity index is 2.27. The van der Waals surface area contributed by atoms with Crippen molar-refractivity contribution in [2.45, 2.75) is 58.5 Å². The molecule has 2 atom stereocenters. The second kappa shape index (κ2) is 4.75. The molecule has 1 aromatic rings. The third-order valence-electron chi connectivity index (χ3n) is 3.75. The van der Waals surface area contributed by atoms with Crippen LogP contribution in [-0.4, -0.2) is 15.6 Å². The molecule has 1 aliphatic rings. The van der Waals surface area contributed by atoms with Crippen molar-refractivity contribution < 1.29 is 0 Å². The molecule has 4 heteroatoms. The van der Waals surface area contributed by atoms with Crippen LogP contribution in [-0.2, 0) is 5.54 Å². The molecule has 0 spiro atoms. The molecule has 2 unspecified atom stereocenters. The highest BCUT2D eigenvalue weighted by atomic mass is 16.1. The van der Waals surface area contributed by atoms with Crippen LogP contribution >= 0.6 is 0 Å². The third kappa shape index (κ3) is 2.57. The average Bonchev–Trinajstić information content (AvgIpc) is 2.66. The molecule has 1 aliphatic carbocycles. The summed E-state index contributed by atoms with van der Waals surface area (Å²) in [5, 5.41) is 3.33. The van der Waals surface area contributed by atoms with Crippen molar-refractivity contribution >= 4 is 5.82 Å². The van der Waals surface area contributed by atoms with Gasteiger partial charge in [0, 0.05) is 24.0 Å². The van der Waals surface area contributed by atoms with Gasteiger partial charge in [-0.25, -0.2) is 4.98 Å². The Morgan fingerprint density at radius 1 is 1.39 bits per heavy atom. The van der Waals surface area contributed by atoms with E-state index in [4.69, 9.17) is 0 Å². The molecule has 18 heavy (non-hydrogen) atoms. The molecule has 0 aliphatic heterocycles. The highest BCUT2D eigenvalue weighted by Gasteiger charge is 2.25. The van der Waals surface area contributed by atoms with Gasteiger partial charge in [-0.15, -0.1) is 0 Å². The Morgan fingerprint density at radius 3 is 2.67 bits per heavy atom. The average molecular weight is 249 g/mol. The first-order valence-electron chi connectivity index (χ1n) is 6.74. The van der Waals surface area contributed by atoms with Crippen LogP contribution in [0.3, 0.4) is 0 Å². The molecule has 1 heterocycles. The van der Waals surface area contributed by atoms with Crippen molar-refractivity contribution in [3.05, 3.63) is 22.7 Å². The van der Waals surface area contributed by atoms with Crippen LogP contribution in [0.25, 0.3) is 0 Å². The highest BCUT2D eigenvalue weighted by molar-refractivity contribution is 5.33. The number of hydrogen-bond donors (Lipinski definition) is 1. The van der Waals surface area contributed by atoms with E-state index in [9.17, 15) is 4.79 Å². The van der Waals surface area contributed by atoms with E-state index in [-0.39, 0.29) is 11.1 Å². The van der Waals surface area contributed by atoms with Crippen LogP contribution in [0.4, 0.5) is 5.82 Å². The van der Waals surface area contributed by atoms with Crippen molar-refractivity contribution in [2.24, 2.45) is 5.92 Å². The lowest BCUT2D eigenvalue weighted by Gasteiger charge is -2.24. The van der Waals surface area contributed by atoms with Gasteiger partial charge in [-0.1, -0.05) is 13.3 Å². The van der Waals surface area contributed by atoms with E-state index >= 15 is 0 Å².